The minimum atomic E-state index is 0.0240. The molecule has 0 atom stereocenters. The first-order valence-corrected chi connectivity index (χ1v) is 5.42. The van der Waals surface area contributed by atoms with Crippen LogP contribution in [0.4, 0.5) is 5.82 Å². The summed E-state index contributed by atoms with van der Waals surface area (Å²) < 4.78 is 4.65. The van der Waals surface area contributed by atoms with Gasteiger partial charge in [-0.05, 0) is 17.6 Å². The van der Waals surface area contributed by atoms with Crippen molar-refractivity contribution in [1.82, 2.24) is 4.37 Å². The number of hydrogen-bond acceptors (Lipinski definition) is 5. The normalized spacial score (nSPS) is 17.5. The number of hydrogen-bond donors (Lipinski definition) is 0. The number of thiocarbonyl (C=S) groups is 1. The maximum absolute atomic E-state index is 11.3. The lowest BCUT2D eigenvalue weighted by molar-refractivity contribution is -0.115. The second kappa shape index (κ2) is 3.12. The van der Waals surface area contributed by atoms with Gasteiger partial charge in [-0.25, -0.2) is 4.90 Å². The standard InChI is InChI=1S/C6H4N2OS3/c9-5-3-11-6(10)8(5)4-1-2-12-7-4/h1-2H,3H2. The van der Waals surface area contributed by atoms with E-state index in [1.807, 2.05) is 5.38 Å². The van der Waals surface area contributed by atoms with Crippen LogP contribution in [-0.2, 0) is 4.79 Å². The fraction of sp³-hybridized carbons (Fsp3) is 0.167. The average Bonchev–Trinajstić information content (AvgIpc) is 2.61. The van der Waals surface area contributed by atoms with Crippen LogP contribution in [0.15, 0.2) is 11.4 Å². The lowest BCUT2D eigenvalue weighted by Crippen LogP contribution is -2.28. The number of rotatable bonds is 1. The number of nitrogens with zero attached hydrogens (tertiary/aromatic N) is 2. The van der Waals surface area contributed by atoms with Crippen molar-refractivity contribution in [3.63, 3.8) is 0 Å². The van der Waals surface area contributed by atoms with E-state index >= 15 is 0 Å². The summed E-state index contributed by atoms with van der Waals surface area (Å²) in [6.45, 7) is 0. The number of carbonyl (C=O) groups is 1. The highest BCUT2D eigenvalue weighted by Crippen LogP contribution is 2.25. The molecule has 1 aromatic rings. The third-order valence-electron chi connectivity index (χ3n) is 1.40. The second-order valence-electron chi connectivity index (χ2n) is 2.14. The van der Waals surface area contributed by atoms with Crippen molar-refractivity contribution in [3.8, 4) is 0 Å². The predicted octanol–water partition coefficient (Wildman–Crippen LogP) is 1.51. The minimum Gasteiger partial charge on any atom is -0.273 e. The molecular weight excluding hydrogens is 212 g/mol. The molecule has 1 fully saturated rings. The molecule has 0 saturated carbocycles. The van der Waals surface area contributed by atoms with Gasteiger partial charge in [0.05, 0.1) is 5.75 Å². The highest BCUT2D eigenvalue weighted by Gasteiger charge is 2.29. The van der Waals surface area contributed by atoms with E-state index in [9.17, 15) is 4.79 Å². The second-order valence-corrected chi connectivity index (χ2v) is 4.42. The molecule has 0 spiro atoms. The molecule has 1 aromatic heterocycles. The summed E-state index contributed by atoms with van der Waals surface area (Å²) in [6.07, 6.45) is 0. The largest absolute Gasteiger partial charge is 0.273 e. The van der Waals surface area contributed by atoms with Gasteiger partial charge >= 0.3 is 0 Å². The first-order valence-electron chi connectivity index (χ1n) is 3.19. The van der Waals surface area contributed by atoms with Crippen LogP contribution in [0, 0.1) is 0 Å². The molecule has 2 rings (SSSR count). The average molecular weight is 216 g/mol. The Morgan fingerprint density at radius 1 is 1.67 bits per heavy atom. The van der Waals surface area contributed by atoms with E-state index in [-0.39, 0.29) is 5.91 Å². The lowest BCUT2D eigenvalue weighted by Gasteiger charge is -2.09. The number of aromatic nitrogens is 1. The van der Waals surface area contributed by atoms with Gasteiger partial charge in [0, 0.05) is 5.38 Å². The first kappa shape index (κ1) is 8.15. The molecule has 0 aromatic carbocycles. The summed E-state index contributed by atoms with van der Waals surface area (Å²) in [6, 6.07) is 1.79. The van der Waals surface area contributed by atoms with Crippen molar-refractivity contribution in [2.45, 2.75) is 0 Å². The van der Waals surface area contributed by atoms with Crippen molar-refractivity contribution >= 4 is 51.6 Å². The summed E-state index contributed by atoms with van der Waals surface area (Å²) >= 11 is 7.70. The zero-order chi connectivity index (χ0) is 8.55. The molecule has 2 heterocycles. The molecule has 1 saturated heterocycles. The maximum atomic E-state index is 11.3. The molecule has 6 heteroatoms. The Bertz CT molecular complexity index is 306. The summed E-state index contributed by atoms with van der Waals surface area (Å²) in [4.78, 5) is 12.7. The number of anilines is 1. The molecule has 1 aliphatic rings. The Morgan fingerprint density at radius 2 is 2.50 bits per heavy atom. The summed E-state index contributed by atoms with van der Waals surface area (Å²) in [7, 11) is 0. The molecule has 3 nitrogen and oxygen atoms in total. The van der Waals surface area contributed by atoms with Gasteiger partial charge in [-0.1, -0.05) is 24.0 Å². The summed E-state index contributed by atoms with van der Waals surface area (Å²) in [5.74, 6) is 1.12. The molecule has 62 valence electrons. The Morgan fingerprint density at radius 3 is 3.00 bits per heavy atom. The van der Waals surface area contributed by atoms with E-state index in [2.05, 4.69) is 4.37 Å². The lowest BCUT2D eigenvalue weighted by atomic mass is 10.5. The molecule has 1 amide bonds. The third kappa shape index (κ3) is 1.26. The molecular formula is C6H4N2OS3. The van der Waals surface area contributed by atoms with E-state index in [1.165, 1.54) is 28.2 Å². The Balaban J connectivity index is 2.34. The Kier molecular flexibility index (Phi) is 2.12. The minimum absolute atomic E-state index is 0.0240. The van der Waals surface area contributed by atoms with Gasteiger partial charge in [0.15, 0.2) is 5.82 Å². The third-order valence-corrected chi connectivity index (χ3v) is 3.31. The maximum Gasteiger partial charge on any atom is 0.244 e. The molecule has 0 radical (unpaired) electrons. The Hall–Kier alpha value is -0.460. The summed E-state index contributed by atoms with van der Waals surface area (Å²) in [5.41, 5.74) is 0. The van der Waals surface area contributed by atoms with Crippen molar-refractivity contribution in [2.75, 3.05) is 10.7 Å². The van der Waals surface area contributed by atoms with Gasteiger partial charge in [-0.3, -0.25) is 4.79 Å². The number of carbonyl (C=O) groups excluding carboxylic acids is 1. The molecule has 0 aliphatic carbocycles. The first-order chi connectivity index (χ1) is 5.79. The van der Waals surface area contributed by atoms with E-state index in [1.54, 1.807) is 6.07 Å². The monoisotopic (exact) mass is 216 g/mol. The van der Waals surface area contributed by atoms with E-state index < -0.39 is 0 Å². The van der Waals surface area contributed by atoms with E-state index in [4.69, 9.17) is 12.2 Å². The van der Waals surface area contributed by atoms with Crippen molar-refractivity contribution in [2.24, 2.45) is 0 Å². The van der Waals surface area contributed by atoms with Crippen LogP contribution in [0.1, 0.15) is 0 Å². The van der Waals surface area contributed by atoms with Gasteiger partial charge in [0.25, 0.3) is 0 Å². The smallest absolute Gasteiger partial charge is 0.244 e. The van der Waals surface area contributed by atoms with Crippen molar-refractivity contribution in [1.29, 1.82) is 0 Å². The molecule has 0 bridgehead atoms. The zero-order valence-corrected chi connectivity index (χ0v) is 8.34. The zero-order valence-electron chi connectivity index (χ0n) is 5.89. The van der Waals surface area contributed by atoms with Crippen LogP contribution in [0.2, 0.25) is 0 Å². The van der Waals surface area contributed by atoms with Gasteiger partial charge in [-0.15, -0.1) is 0 Å². The SMILES string of the molecule is O=C1CSC(=S)N1c1ccsn1. The topological polar surface area (TPSA) is 33.2 Å². The van der Waals surface area contributed by atoms with Crippen molar-refractivity contribution in [3.05, 3.63) is 11.4 Å². The highest BCUT2D eigenvalue weighted by atomic mass is 32.2. The summed E-state index contributed by atoms with van der Waals surface area (Å²) in [5, 5.41) is 1.83. The van der Waals surface area contributed by atoms with Crippen LogP contribution in [0.5, 0.6) is 0 Å². The van der Waals surface area contributed by atoms with Crippen LogP contribution < -0.4 is 4.90 Å². The fourth-order valence-corrected chi connectivity index (χ4v) is 2.46. The molecule has 1 aliphatic heterocycles. The molecule has 0 N–H and O–H groups in total. The van der Waals surface area contributed by atoms with E-state index in [0.29, 0.717) is 15.9 Å². The van der Waals surface area contributed by atoms with Gasteiger partial charge in [0.1, 0.15) is 4.32 Å². The molecule has 12 heavy (non-hydrogen) atoms. The highest BCUT2D eigenvalue weighted by molar-refractivity contribution is 8.24. The predicted molar refractivity (Wildman–Crippen MR) is 54.7 cm³/mol. The van der Waals surface area contributed by atoms with Crippen LogP contribution >= 0.6 is 35.5 Å². The number of amides is 1. The van der Waals surface area contributed by atoms with Gasteiger partial charge in [0.2, 0.25) is 5.91 Å². The van der Waals surface area contributed by atoms with E-state index in [0.717, 1.165) is 0 Å². The number of thioether (sulfide) groups is 1. The molecule has 0 unspecified atom stereocenters. The van der Waals surface area contributed by atoms with Crippen LogP contribution in [-0.4, -0.2) is 20.4 Å². The Labute approximate surface area is 82.9 Å². The van der Waals surface area contributed by atoms with Crippen molar-refractivity contribution < 1.29 is 4.79 Å². The fourth-order valence-electron chi connectivity index (χ4n) is 0.897. The van der Waals surface area contributed by atoms with Crippen LogP contribution in [0.25, 0.3) is 0 Å². The van der Waals surface area contributed by atoms with Gasteiger partial charge in [-0.2, -0.15) is 4.37 Å². The van der Waals surface area contributed by atoms with Crippen LogP contribution in [0.3, 0.4) is 0 Å². The van der Waals surface area contributed by atoms with Gasteiger partial charge < -0.3 is 0 Å². The quantitative estimate of drug-likeness (QED) is 0.666.